The Morgan fingerprint density at radius 1 is 0.933 bits per heavy atom. The van der Waals surface area contributed by atoms with Crippen LogP contribution in [0.5, 0.6) is 5.75 Å². The lowest BCUT2D eigenvalue weighted by atomic mass is 9.70. The molecule has 1 saturated carbocycles. The van der Waals surface area contributed by atoms with Crippen LogP contribution in [0.25, 0.3) is 0 Å². The Morgan fingerprint density at radius 2 is 1.60 bits per heavy atom. The Morgan fingerprint density at radius 3 is 2.17 bits per heavy atom. The van der Waals surface area contributed by atoms with Crippen LogP contribution >= 0.6 is 0 Å². The normalized spacial score (nSPS) is 25.1. The Hall–Kier alpha value is -1.59. The van der Waals surface area contributed by atoms with Gasteiger partial charge in [0, 0.05) is 17.7 Å². The summed E-state index contributed by atoms with van der Waals surface area (Å²) in [6.07, 6.45) is 9.27. The predicted octanol–water partition coefficient (Wildman–Crippen LogP) is 8.19. The fourth-order valence-electron chi connectivity index (χ4n) is 4.98. The zero-order chi connectivity index (χ0) is 21.7. The second-order valence-electron chi connectivity index (χ2n) is 8.86. The summed E-state index contributed by atoms with van der Waals surface area (Å²) in [6, 6.07) is 0.884. The van der Waals surface area contributed by atoms with Gasteiger partial charge in [-0.3, -0.25) is 0 Å². The van der Waals surface area contributed by atoms with Crippen LogP contribution < -0.4 is 4.74 Å². The maximum Gasteiger partial charge on any atom is 0.422 e. The molecule has 0 aromatic heterocycles. The van der Waals surface area contributed by atoms with Crippen LogP contribution in [0.2, 0.25) is 0 Å². The van der Waals surface area contributed by atoms with Gasteiger partial charge in [-0.2, -0.15) is 8.78 Å². The number of benzene rings is 1. The molecule has 30 heavy (non-hydrogen) atoms. The fraction of sp³-hybridized carbons (Fsp3) is 0.667. The van der Waals surface area contributed by atoms with Gasteiger partial charge in [-0.05, 0) is 49.9 Å². The van der Waals surface area contributed by atoms with Gasteiger partial charge >= 0.3 is 6.11 Å². The highest BCUT2D eigenvalue weighted by Crippen LogP contribution is 2.43. The number of rotatable bonds is 8. The monoisotopic (exact) mass is 430 g/mol. The van der Waals surface area contributed by atoms with Crippen molar-refractivity contribution < 1.29 is 26.7 Å². The standard InChI is InChI=1S/C24H31F5O/c1-2-3-4-5-16-6-8-17(9-7-16)18-10-12-19(13-11-18)24(28,29)30-20-14-21(25)23(27)22(26)15-20/h12,14-18H,2-11,13H2,1H3/t16-,17-,18?. The molecule has 0 saturated heterocycles. The molecule has 1 aromatic carbocycles. The Kier molecular flexibility index (Phi) is 7.81. The molecular formula is C24H31F5O. The molecule has 2 aliphatic carbocycles. The molecule has 6 heteroatoms. The van der Waals surface area contributed by atoms with Gasteiger partial charge in [0.1, 0.15) is 5.75 Å². The number of alkyl halides is 2. The lowest BCUT2D eigenvalue weighted by molar-refractivity contribution is -0.145. The first-order valence-corrected chi connectivity index (χ1v) is 11.2. The van der Waals surface area contributed by atoms with E-state index < -0.39 is 29.3 Å². The van der Waals surface area contributed by atoms with Crippen molar-refractivity contribution in [2.75, 3.05) is 0 Å². The van der Waals surface area contributed by atoms with Crippen molar-refractivity contribution in [3.05, 3.63) is 41.2 Å². The summed E-state index contributed by atoms with van der Waals surface area (Å²) in [4.78, 5) is 0. The van der Waals surface area contributed by atoms with E-state index in [-0.39, 0.29) is 12.0 Å². The molecule has 0 N–H and O–H groups in total. The van der Waals surface area contributed by atoms with Crippen LogP contribution in [0.1, 0.15) is 77.6 Å². The van der Waals surface area contributed by atoms with Crippen LogP contribution in [0, 0.1) is 35.2 Å². The van der Waals surface area contributed by atoms with Gasteiger partial charge < -0.3 is 4.74 Å². The molecule has 168 valence electrons. The zero-order valence-corrected chi connectivity index (χ0v) is 17.5. The van der Waals surface area contributed by atoms with E-state index in [1.54, 1.807) is 0 Å². The second kappa shape index (κ2) is 10.1. The van der Waals surface area contributed by atoms with Crippen LogP contribution in [0.15, 0.2) is 23.8 Å². The van der Waals surface area contributed by atoms with Gasteiger partial charge in [-0.1, -0.05) is 51.5 Å². The van der Waals surface area contributed by atoms with Gasteiger partial charge in [-0.25, -0.2) is 13.2 Å². The van der Waals surface area contributed by atoms with Crippen molar-refractivity contribution >= 4 is 0 Å². The summed E-state index contributed by atoms with van der Waals surface area (Å²) in [7, 11) is 0. The first kappa shape index (κ1) is 23.1. The first-order chi connectivity index (χ1) is 14.3. The minimum atomic E-state index is -3.67. The van der Waals surface area contributed by atoms with Gasteiger partial charge in [0.2, 0.25) is 0 Å². The Balaban J connectivity index is 1.52. The minimum Gasteiger partial charge on any atom is -0.429 e. The molecule has 0 spiro atoms. The van der Waals surface area contributed by atoms with E-state index in [0.29, 0.717) is 36.8 Å². The third-order valence-corrected chi connectivity index (χ3v) is 6.80. The number of allylic oxidation sites excluding steroid dienone is 1. The van der Waals surface area contributed by atoms with E-state index in [9.17, 15) is 22.0 Å². The number of unbranched alkanes of at least 4 members (excludes halogenated alkanes) is 2. The molecule has 1 atom stereocenters. The molecular weight excluding hydrogens is 399 g/mol. The van der Waals surface area contributed by atoms with Crippen molar-refractivity contribution in [1.82, 2.24) is 0 Å². The largest absolute Gasteiger partial charge is 0.429 e. The third-order valence-electron chi connectivity index (χ3n) is 6.80. The maximum atomic E-state index is 14.5. The van der Waals surface area contributed by atoms with Crippen molar-refractivity contribution in [2.45, 2.75) is 83.7 Å². The number of halogens is 5. The molecule has 0 radical (unpaired) electrons. The van der Waals surface area contributed by atoms with Gasteiger partial charge in [0.15, 0.2) is 17.5 Å². The molecule has 1 aromatic rings. The summed E-state index contributed by atoms with van der Waals surface area (Å²) in [5.41, 5.74) is -0.169. The number of hydrogen-bond acceptors (Lipinski definition) is 1. The molecule has 1 nitrogen and oxygen atoms in total. The molecule has 0 amide bonds. The molecule has 1 fully saturated rings. The first-order valence-electron chi connectivity index (χ1n) is 11.2. The lowest BCUT2D eigenvalue weighted by Crippen LogP contribution is -2.31. The van der Waals surface area contributed by atoms with E-state index in [0.717, 1.165) is 5.92 Å². The van der Waals surface area contributed by atoms with E-state index in [4.69, 9.17) is 0 Å². The van der Waals surface area contributed by atoms with Crippen LogP contribution in [-0.2, 0) is 0 Å². The van der Waals surface area contributed by atoms with Crippen molar-refractivity contribution in [2.24, 2.45) is 17.8 Å². The molecule has 0 aliphatic heterocycles. The number of ether oxygens (including phenoxy) is 1. The highest BCUT2D eigenvalue weighted by atomic mass is 19.3. The fourth-order valence-corrected chi connectivity index (χ4v) is 4.98. The summed E-state index contributed by atoms with van der Waals surface area (Å²) in [5, 5.41) is 0. The molecule has 1 unspecified atom stereocenters. The average Bonchev–Trinajstić information content (AvgIpc) is 2.72. The van der Waals surface area contributed by atoms with Crippen molar-refractivity contribution in [3.63, 3.8) is 0 Å². The summed E-state index contributed by atoms with van der Waals surface area (Å²) < 4.78 is 73.1. The van der Waals surface area contributed by atoms with E-state index in [2.05, 4.69) is 11.7 Å². The smallest absolute Gasteiger partial charge is 0.422 e. The highest BCUT2D eigenvalue weighted by molar-refractivity contribution is 5.27. The quantitative estimate of drug-likeness (QED) is 0.175. The van der Waals surface area contributed by atoms with Crippen molar-refractivity contribution in [3.8, 4) is 5.75 Å². The summed E-state index contributed by atoms with van der Waals surface area (Å²) in [5.74, 6) is -3.72. The van der Waals surface area contributed by atoms with Crippen molar-refractivity contribution in [1.29, 1.82) is 0 Å². The highest BCUT2D eigenvalue weighted by Gasteiger charge is 2.40. The van der Waals surface area contributed by atoms with Crippen LogP contribution in [0.4, 0.5) is 22.0 Å². The Bertz CT molecular complexity index is 714. The average molecular weight is 431 g/mol. The maximum absolute atomic E-state index is 14.5. The molecule has 0 heterocycles. The van der Waals surface area contributed by atoms with Gasteiger partial charge in [0.05, 0.1) is 0 Å². The van der Waals surface area contributed by atoms with Crippen LogP contribution in [0.3, 0.4) is 0 Å². The van der Waals surface area contributed by atoms with Gasteiger partial charge in [-0.15, -0.1) is 0 Å². The predicted molar refractivity (Wildman–Crippen MR) is 107 cm³/mol. The van der Waals surface area contributed by atoms with E-state index in [1.807, 2.05) is 0 Å². The van der Waals surface area contributed by atoms with Crippen LogP contribution in [-0.4, -0.2) is 6.11 Å². The molecule has 0 bridgehead atoms. The van der Waals surface area contributed by atoms with E-state index >= 15 is 0 Å². The molecule has 3 rings (SSSR count). The second-order valence-corrected chi connectivity index (χ2v) is 8.86. The SMILES string of the molecule is CCCCC[C@H]1CC[C@H](C2CC=C(C(F)(F)Oc3cc(F)c(F)c(F)c3)CC2)CC1. The van der Waals surface area contributed by atoms with E-state index in [1.165, 1.54) is 57.4 Å². The summed E-state index contributed by atoms with van der Waals surface area (Å²) in [6.45, 7) is 2.21. The zero-order valence-electron chi connectivity index (χ0n) is 17.5. The minimum absolute atomic E-state index is 0.169. The third kappa shape index (κ3) is 5.76. The van der Waals surface area contributed by atoms with Gasteiger partial charge in [0.25, 0.3) is 0 Å². The number of hydrogen-bond donors (Lipinski definition) is 0. The topological polar surface area (TPSA) is 9.23 Å². The molecule has 2 aliphatic rings. The Labute approximate surface area is 175 Å². The summed E-state index contributed by atoms with van der Waals surface area (Å²) >= 11 is 0. The lowest BCUT2D eigenvalue weighted by Gasteiger charge is -2.36.